The van der Waals surface area contributed by atoms with E-state index in [4.69, 9.17) is 44.3 Å². The predicted octanol–water partition coefficient (Wildman–Crippen LogP) is 3.81. The van der Waals surface area contributed by atoms with Gasteiger partial charge in [0.2, 0.25) is 0 Å². The highest BCUT2D eigenvalue weighted by atomic mass is 35.5. The van der Waals surface area contributed by atoms with E-state index in [1.165, 1.54) is 6.07 Å². The minimum Gasteiger partial charge on any atom is -0.492 e. The molecule has 0 saturated heterocycles. The molecule has 2 N–H and O–H groups in total. The van der Waals surface area contributed by atoms with Gasteiger partial charge in [-0.15, -0.1) is 0 Å². The summed E-state index contributed by atoms with van der Waals surface area (Å²) in [6.45, 7) is -0.304. The van der Waals surface area contributed by atoms with Crippen LogP contribution in [0.4, 0.5) is 0 Å². The number of esters is 1. The highest BCUT2D eigenvalue weighted by Gasteiger charge is 2.12. The molecule has 0 unspecified atom stereocenters. The first-order chi connectivity index (χ1) is 13.9. The first-order valence-electron chi connectivity index (χ1n) is 8.44. The van der Waals surface area contributed by atoms with Crippen LogP contribution in [0.3, 0.4) is 0 Å². The van der Waals surface area contributed by atoms with Crippen LogP contribution in [0.2, 0.25) is 15.1 Å². The lowest BCUT2D eigenvalue weighted by atomic mass is 10.2. The van der Waals surface area contributed by atoms with Crippen LogP contribution in [0.25, 0.3) is 0 Å². The lowest BCUT2D eigenvalue weighted by Gasteiger charge is -2.09. The van der Waals surface area contributed by atoms with Crippen LogP contribution >= 0.6 is 34.8 Å². The number of amides is 2. The molecule has 7 nitrogen and oxygen atoms in total. The SMILES string of the molecule is O=C(COC(=O)CCCOc1ccc(Cl)cc1Cl)NNC(=O)c1ccccc1Cl. The van der Waals surface area contributed by atoms with Crippen molar-refractivity contribution in [1.82, 2.24) is 10.9 Å². The average Bonchev–Trinajstić information content (AvgIpc) is 2.69. The molecule has 0 aliphatic heterocycles. The van der Waals surface area contributed by atoms with Crippen LogP contribution in [0.5, 0.6) is 5.75 Å². The third kappa shape index (κ3) is 7.81. The molecule has 0 bridgehead atoms. The first kappa shape index (κ1) is 22.8. The number of carbonyl (C=O) groups is 3. The van der Waals surface area contributed by atoms with Crippen molar-refractivity contribution in [2.45, 2.75) is 12.8 Å². The molecule has 2 aromatic carbocycles. The molecule has 0 heterocycles. The van der Waals surface area contributed by atoms with Crippen LogP contribution in [-0.2, 0) is 14.3 Å². The van der Waals surface area contributed by atoms with Gasteiger partial charge in [-0.3, -0.25) is 25.2 Å². The van der Waals surface area contributed by atoms with Crippen LogP contribution in [0.1, 0.15) is 23.2 Å². The third-order valence-electron chi connectivity index (χ3n) is 3.47. The quantitative estimate of drug-likeness (QED) is 0.356. The maximum Gasteiger partial charge on any atom is 0.306 e. The average molecular weight is 460 g/mol. The molecule has 0 saturated carbocycles. The second-order valence-electron chi connectivity index (χ2n) is 5.67. The Hall–Kier alpha value is -2.48. The number of hydrazine groups is 1. The Balaban J connectivity index is 1.61. The van der Waals surface area contributed by atoms with Gasteiger partial charge in [0.05, 0.1) is 22.2 Å². The Morgan fingerprint density at radius 2 is 1.69 bits per heavy atom. The lowest BCUT2D eigenvalue weighted by molar-refractivity contribution is -0.148. The van der Waals surface area contributed by atoms with Crippen molar-refractivity contribution in [2.75, 3.05) is 13.2 Å². The number of carbonyl (C=O) groups excluding carboxylic acids is 3. The number of rotatable bonds is 8. The van der Waals surface area contributed by atoms with E-state index >= 15 is 0 Å². The van der Waals surface area contributed by atoms with Crippen LogP contribution in [0.15, 0.2) is 42.5 Å². The molecule has 2 aromatic rings. The van der Waals surface area contributed by atoms with Gasteiger partial charge < -0.3 is 9.47 Å². The molecule has 0 aromatic heterocycles. The van der Waals surface area contributed by atoms with Gasteiger partial charge in [-0.2, -0.15) is 0 Å². The second-order valence-corrected chi connectivity index (χ2v) is 6.92. The number of hydrogen-bond donors (Lipinski definition) is 2. The molecule has 0 fully saturated rings. The van der Waals surface area contributed by atoms with E-state index in [9.17, 15) is 14.4 Å². The standard InChI is InChI=1S/C19H17Cl3N2O5/c20-12-7-8-16(15(22)10-12)28-9-3-6-18(26)29-11-17(25)23-24-19(27)13-4-1-2-5-14(13)21/h1-2,4-5,7-8,10H,3,6,9,11H2,(H,23,25)(H,24,27). The van der Waals surface area contributed by atoms with Crippen LogP contribution < -0.4 is 15.6 Å². The summed E-state index contributed by atoms with van der Waals surface area (Å²) in [6.07, 6.45) is 0.410. The fraction of sp³-hybridized carbons (Fsp3) is 0.211. The summed E-state index contributed by atoms with van der Waals surface area (Å²) in [7, 11) is 0. The highest BCUT2D eigenvalue weighted by molar-refractivity contribution is 6.35. The van der Waals surface area contributed by atoms with Crippen molar-refractivity contribution < 1.29 is 23.9 Å². The van der Waals surface area contributed by atoms with E-state index in [0.29, 0.717) is 22.2 Å². The van der Waals surface area contributed by atoms with Crippen molar-refractivity contribution in [3.05, 3.63) is 63.1 Å². The summed E-state index contributed by atoms with van der Waals surface area (Å²) < 4.78 is 10.3. The smallest absolute Gasteiger partial charge is 0.306 e. The van der Waals surface area contributed by atoms with Crippen LogP contribution in [0, 0.1) is 0 Å². The minimum atomic E-state index is -0.692. The van der Waals surface area contributed by atoms with Gasteiger partial charge in [-0.05, 0) is 36.8 Å². The van der Waals surface area contributed by atoms with Gasteiger partial charge >= 0.3 is 5.97 Å². The zero-order chi connectivity index (χ0) is 21.2. The number of nitrogens with one attached hydrogen (secondary N) is 2. The molecule has 29 heavy (non-hydrogen) atoms. The van der Waals surface area contributed by atoms with E-state index in [-0.39, 0.29) is 23.6 Å². The normalized spacial score (nSPS) is 10.2. The maximum absolute atomic E-state index is 11.9. The van der Waals surface area contributed by atoms with Crippen molar-refractivity contribution in [2.24, 2.45) is 0 Å². The van der Waals surface area contributed by atoms with Gasteiger partial charge in [0.15, 0.2) is 6.61 Å². The van der Waals surface area contributed by atoms with Gasteiger partial charge in [0.25, 0.3) is 11.8 Å². The Morgan fingerprint density at radius 3 is 2.41 bits per heavy atom. The van der Waals surface area contributed by atoms with Crippen LogP contribution in [-0.4, -0.2) is 31.0 Å². The van der Waals surface area contributed by atoms with E-state index in [0.717, 1.165) is 0 Å². The summed E-state index contributed by atoms with van der Waals surface area (Å²) in [6, 6.07) is 11.2. The Labute approximate surface area is 182 Å². The largest absolute Gasteiger partial charge is 0.492 e. The summed E-state index contributed by atoms with van der Waals surface area (Å²) in [5.74, 6) is -1.40. The summed E-state index contributed by atoms with van der Waals surface area (Å²) >= 11 is 17.7. The molecule has 2 amide bonds. The van der Waals surface area contributed by atoms with Crippen molar-refractivity contribution in [3.63, 3.8) is 0 Å². The monoisotopic (exact) mass is 458 g/mol. The molecular weight excluding hydrogens is 443 g/mol. The topological polar surface area (TPSA) is 93.7 Å². The fourth-order valence-corrected chi connectivity index (χ4v) is 2.77. The summed E-state index contributed by atoms with van der Waals surface area (Å²) in [5.41, 5.74) is 4.53. The molecule has 0 aliphatic rings. The van der Waals surface area contributed by atoms with Gasteiger partial charge in [0.1, 0.15) is 5.75 Å². The number of hydrogen-bond acceptors (Lipinski definition) is 5. The highest BCUT2D eigenvalue weighted by Crippen LogP contribution is 2.27. The van der Waals surface area contributed by atoms with E-state index < -0.39 is 24.4 Å². The molecule has 10 heteroatoms. The first-order valence-corrected chi connectivity index (χ1v) is 9.57. The Kier molecular flexibility index (Phi) is 9.05. The fourth-order valence-electron chi connectivity index (χ4n) is 2.08. The summed E-state index contributed by atoms with van der Waals surface area (Å²) in [5, 5.41) is 1.11. The molecule has 0 aliphatic carbocycles. The Bertz CT molecular complexity index is 892. The summed E-state index contributed by atoms with van der Waals surface area (Å²) in [4.78, 5) is 35.2. The maximum atomic E-state index is 11.9. The molecular formula is C19H17Cl3N2O5. The van der Waals surface area contributed by atoms with Crippen molar-refractivity contribution in [1.29, 1.82) is 0 Å². The number of ether oxygens (including phenoxy) is 2. The zero-order valence-corrected chi connectivity index (χ0v) is 17.3. The molecule has 2 rings (SSSR count). The van der Waals surface area contributed by atoms with E-state index in [1.807, 2.05) is 0 Å². The van der Waals surface area contributed by atoms with E-state index in [1.54, 1.807) is 36.4 Å². The second kappa shape index (κ2) is 11.5. The van der Waals surface area contributed by atoms with Crippen molar-refractivity contribution >= 4 is 52.6 Å². The van der Waals surface area contributed by atoms with Gasteiger partial charge in [-0.25, -0.2) is 0 Å². The molecule has 154 valence electrons. The molecule has 0 atom stereocenters. The third-order valence-corrected chi connectivity index (χ3v) is 4.33. The molecule has 0 radical (unpaired) electrons. The lowest BCUT2D eigenvalue weighted by Crippen LogP contribution is -2.43. The van der Waals surface area contributed by atoms with Crippen molar-refractivity contribution in [3.8, 4) is 5.75 Å². The minimum absolute atomic E-state index is 0.0461. The van der Waals surface area contributed by atoms with Gasteiger partial charge in [-0.1, -0.05) is 46.9 Å². The number of benzene rings is 2. The Morgan fingerprint density at radius 1 is 0.931 bits per heavy atom. The zero-order valence-electron chi connectivity index (χ0n) is 15.0. The number of halogens is 3. The van der Waals surface area contributed by atoms with Gasteiger partial charge in [0, 0.05) is 11.4 Å². The predicted molar refractivity (Wildman–Crippen MR) is 109 cm³/mol. The molecule has 0 spiro atoms. The van der Waals surface area contributed by atoms with E-state index in [2.05, 4.69) is 10.9 Å².